The first-order chi connectivity index (χ1) is 31.7. The van der Waals surface area contributed by atoms with E-state index in [-0.39, 0.29) is 22.1 Å². The van der Waals surface area contributed by atoms with Crippen LogP contribution in [0.15, 0.2) is 146 Å². The van der Waals surface area contributed by atoms with Crippen molar-refractivity contribution in [2.24, 2.45) is 0 Å². The van der Waals surface area contributed by atoms with Crippen LogP contribution < -0.4 is 0 Å². The van der Waals surface area contributed by atoms with Crippen LogP contribution in [0.4, 0.5) is 0 Å². The average molecular weight is 809 g/mol. The molecule has 308 valence electrons. The normalized spacial score (nSPS) is 14.7. The van der Waals surface area contributed by atoms with E-state index in [0.29, 0.717) is 11.4 Å². The van der Waals surface area contributed by atoms with Crippen molar-refractivity contribution in [1.29, 1.82) is 0 Å². The van der Waals surface area contributed by atoms with Crippen molar-refractivity contribution in [2.45, 2.75) is 98.2 Å². The molecule has 61 heavy (non-hydrogen) atoms. The van der Waals surface area contributed by atoms with Crippen LogP contribution in [0.5, 0.6) is 5.75 Å². The minimum atomic E-state index is -2.75. The molecule has 1 N–H and O–H groups in total. The maximum atomic E-state index is 11.4. The van der Waals surface area contributed by atoms with Crippen molar-refractivity contribution in [3.05, 3.63) is 168 Å². The molecule has 0 aliphatic rings. The Labute approximate surface area is 372 Å². The molecule has 0 atom stereocenters. The standard InChI is InChI=1S/C57H59N3O/c1-36(2)48-35-43(27-28-45(48)46-17-12-14-20-49(46)57(9,10)11)60-51-21-16-19-44(53(51)59-54(60)47-18-13-15-22-52(47)61)39-31-40(33-42(32-39)56(6,7)8)50-34-38(29-30-58-50)37-23-25-41(26-24-37)55(3,4)5/h12-36,61H,1-11H3/i3D3,4D3,36D. The number of rotatable bonds is 7. The predicted molar refractivity (Wildman–Crippen MR) is 258 cm³/mol. The summed E-state index contributed by atoms with van der Waals surface area (Å²) in [5.41, 5.74) is 11.1. The molecular weight excluding hydrogens is 743 g/mol. The number of pyridine rings is 1. The average Bonchev–Trinajstić information content (AvgIpc) is 3.66. The van der Waals surface area contributed by atoms with E-state index in [1.165, 1.54) is 12.5 Å². The van der Waals surface area contributed by atoms with Gasteiger partial charge in [0.15, 0.2) is 0 Å². The predicted octanol–water partition coefficient (Wildman–Crippen LogP) is 15.5. The molecule has 4 nitrogen and oxygen atoms in total. The third-order valence-electron chi connectivity index (χ3n) is 11.6. The van der Waals surface area contributed by atoms with Gasteiger partial charge < -0.3 is 5.11 Å². The number of hydrogen-bond donors (Lipinski definition) is 1. The highest BCUT2D eigenvalue weighted by atomic mass is 16.3. The number of hydrogen-bond acceptors (Lipinski definition) is 3. The van der Waals surface area contributed by atoms with Crippen molar-refractivity contribution >= 4 is 11.0 Å². The van der Waals surface area contributed by atoms with Crippen LogP contribution in [-0.2, 0) is 16.2 Å². The minimum Gasteiger partial charge on any atom is -0.507 e. The maximum Gasteiger partial charge on any atom is 0.149 e. The lowest BCUT2D eigenvalue weighted by Gasteiger charge is -2.25. The van der Waals surface area contributed by atoms with Crippen LogP contribution in [0.3, 0.4) is 0 Å². The number of phenolic OH excluding ortho intramolecular Hbond substituents is 1. The lowest BCUT2D eigenvalue weighted by molar-refractivity contribution is 0.477. The van der Waals surface area contributed by atoms with Gasteiger partial charge in [-0.1, -0.05) is 161 Å². The van der Waals surface area contributed by atoms with E-state index in [4.69, 9.17) is 18.2 Å². The Kier molecular flexibility index (Phi) is 8.58. The molecule has 0 fully saturated rings. The van der Waals surface area contributed by atoms with Gasteiger partial charge in [0.25, 0.3) is 0 Å². The smallest absolute Gasteiger partial charge is 0.149 e. The number of benzene rings is 6. The second kappa shape index (κ2) is 15.6. The number of nitrogens with zero attached hydrogens (tertiary/aromatic N) is 3. The van der Waals surface area contributed by atoms with Crippen LogP contribution in [0.1, 0.15) is 114 Å². The molecule has 0 aliphatic carbocycles. The van der Waals surface area contributed by atoms with Crippen LogP contribution in [0.25, 0.3) is 72.7 Å². The summed E-state index contributed by atoms with van der Waals surface area (Å²) in [5, 5.41) is 11.4. The van der Waals surface area contributed by atoms with Crippen molar-refractivity contribution in [3.8, 4) is 67.5 Å². The van der Waals surface area contributed by atoms with Gasteiger partial charge in [-0.2, -0.15) is 0 Å². The van der Waals surface area contributed by atoms with E-state index < -0.39 is 25.0 Å². The summed E-state index contributed by atoms with van der Waals surface area (Å²) in [6.07, 6.45) is 1.75. The van der Waals surface area contributed by atoms with Gasteiger partial charge in [0, 0.05) is 32.6 Å². The Morgan fingerprint density at radius 1 is 0.574 bits per heavy atom. The van der Waals surface area contributed by atoms with E-state index in [2.05, 4.69) is 113 Å². The first-order valence-electron chi connectivity index (χ1n) is 24.5. The Bertz CT molecular complexity index is 3160. The van der Waals surface area contributed by atoms with Gasteiger partial charge >= 0.3 is 0 Å². The molecule has 8 rings (SSSR count). The molecule has 0 saturated carbocycles. The van der Waals surface area contributed by atoms with Crippen molar-refractivity contribution in [2.75, 3.05) is 0 Å². The number of fused-ring (bicyclic) bond motifs is 1. The molecule has 2 heterocycles. The Balaban J connectivity index is 1.30. The van der Waals surface area contributed by atoms with E-state index >= 15 is 0 Å². The van der Waals surface area contributed by atoms with Gasteiger partial charge in [-0.25, -0.2) is 4.98 Å². The number of aromatic hydroxyl groups is 1. The second-order valence-electron chi connectivity index (χ2n) is 18.7. The molecule has 4 heteroatoms. The molecule has 0 aliphatic heterocycles. The fourth-order valence-corrected chi connectivity index (χ4v) is 8.26. The van der Waals surface area contributed by atoms with Crippen molar-refractivity contribution < 1.29 is 14.7 Å². The first kappa shape index (κ1) is 33.5. The Morgan fingerprint density at radius 3 is 1.95 bits per heavy atom. The summed E-state index contributed by atoms with van der Waals surface area (Å²) in [7, 11) is 0. The topological polar surface area (TPSA) is 50.9 Å². The Morgan fingerprint density at radius 2 is 1.26 bits per heavy atom. The van der Waals surface area contributed by atoms with Crippen molar-refractivity contribution in [3.63, 3.8) is 0 Å². The van der Waals surface area contributed by atoms with Crippen LogP contribution in [0.2, 0.25) is 0 Å². The van der Waals surface area contributed by atoms with Gasteiger partial charge in [0.1, 0.15) is 11.6 Å². The van der Waals surface area contributed by atoms with Gasteiger partial charge in [-0.3, -0.25) is 9.55 Å². The van der Waals surface area contributed by atoms with Gasteiger partial charge in [-0.15, -0.1) is 0 Å². The summed E-state index contributed by atoms with van der Waals surface area (Å²) in [4.78, 5) is 10.2. The van der Waals surface area contributed by atoms with Crippen LogP contribution in [-0.4, -0.2) is 19.6 Å². The van der Waals surface area contributed by atoms with E-state index in [1.54, 1.807) is 42.6 Å². The lowest BCUT2D eigenvalue weighted by Crippen LogP contribution is -2.13. The molecule has 0 saturated heterocycles. The summed E-state index contributed by atoms with van der Waals surface area (Å²) >= 11 is 0. The summed E-state index contributed by atoms with van der Waals surface area (Å²) in [5.74, 6) is -0.303. The number of aromatic nitrogens is 3. The maximum absolute atomic E-state index is 11.4. The van der Waals surface area contributed by atoms with Crippen molar-refractivity contribution in [1.82, 2.24) is 14.5 Å². The molecular formula is C57H59N3O. The van der Waals surface area contributed by atoms with E-state index in [9.17, 15) is 6.48 Å². The van der Waals surface area contributed by atoms with E-state index in [0.717, 1.165) is 72.5 Å². The third kappa shape index (κ3) is 8.16. The fraction of sp³-hybridized carbons (Fsp3) is 0.263. The molecule has 8 aromatic rings. The first-order valence-corrected chi connectivity index (χ1v) is 21.0. The third-order valence-corrected chi connectivity index (χ3v) is 11.6. The Hall–Kier alpha value is -6.26. The summed E-state index contributed by atoms with van der Waals surface area (Å²) in [6, 6.07) is 45.2. The SMILES string of the molecule is [2H]C(C)(C)c1cc(-n2c(-c3ccccc3O)nc3c(-c4cc(-c5cc(-c6ccc(C(C)(C([2H])([2H])[2H])C([2H])([2H])[2H])cc6)ccn5)cc(C(C)(C)C)c4)cccc32)ccc1-c1ccccc1C(C)(C)C. The molecule has 0 radical (unpaired) electrons. The van der Waals surface area contributed by atoms with E-state index in [1.807, 2.05) is 50.2 Å². The second-order valence-corrected chi connectivity index (χ2v) is 18.7. The zero-order valence-electron chi connectivity index (χ0n) is 43.6. The van der Waals surface area contributed by atoms with Crippen LogP contribution >= 0.6 is 0 Å². The number of phenols is 1. The highest BCUT2D eigenvalue weighted by Gasteiger charge is 2.25. The molecule has 6 aromatic carbocycles. The molecule has 0 bridgehead atoms. The minimum absolute atomic E-state index is 0.101. The highest BCUT2D eigenvalue weighted by molar-refractivity contribution is 5.97. The quantitative estimate of drug-likeness (QED) is 0.174. The number of para-hydroxylation sites is 2. The largest absolute Gasteiger partial charge is 0.507 e. The number of imidazole rings is 1. The molecule has 0 unspecified atom stereocenters. The lowest BCUT2D eigenvalue weighted by atomic mass is 9.80. The zero-order valence-corrected chi connectivity index (χ0v) is 36.6. The highest BCUT2D eigenvalue weighted by Crippen LogP contribution is 2.42. The molecule has 0 amide bonds. The van der Waals surface area contributed by atoms with Crippen LogP contribution in [0, 0.1) is 0 Å². The molecule has 0 spiro atoms. The summed E-state index contributed by atoms with van der Waals surface area (Å²) in [6.45, 7) is 12.8. The van der Waals surface area contributed by atoms with Gasteiger partial charge in [0.05, 0.1) is 22.3 Å². The summed E-state index contributed by atoms with van der Waals surface area (Å²) < 4.78 is 60.3. The fourth-order valence-electron chi connectivity index (χ4n) is 8.26. The molecule has 2 aromatic heterocycles. The monoisotopic (exact) mass is 809 g/mol. The zero-order chi connectivity index (χ0) is 49.4. The van der Waals surface area contributed by atoms with Gasteiger partial charge in [-0.05, 0) is 127 Å². The van der Waals surface area contributed by atoms with Gasteiger partial charge in [0.2, 0.25) is 0 Å².